The van der Waals surface area contributed by atoms with Gasteiger partial charge >= 0.3 is 5.97 Å². The van der Waals surface area contributed by atoms with Crippen molar-refractivity contribution in [3.8, 4) is 0 Å². The summed E-state index contributed by atoms with van der Waals surface area (Å²) in [5.41, 5.74) is 0.887. The largest absolute Gasteiger partial charge is 0.478 e. The summed E-state index contributed by atoms with van der Waals surface area (Å²) in [7, 11) is 0. The summed E-state index contributed by atoms with van der Waals surface area (Å²) in [6.07, 6.45) is 6.61. The Morgan fingerprint density at radius 1 is 1.03 bits per heavy atom. The van der Waals surface area contributed by atoms with Crippen molar-refractivity contribution < 1.29 is 14.7 Å². The summed E-state index contributed by atoms with van der Waals surface area (Å²) < 4.78 is 0. The first kappa shape index (κ1) is 22.5. The summed E-state index contributed by atoms with van der Waals surface area (Å²) in [5.74, 6) is -0.391. The molecule has 7 heteroatoms. The van der Waals surface area contributed by atoms with Gasteiger partial charge in [0.2, 0.25) is 5.91 Å². The number of aromatic nitrogens is 1. The van der Waals surface area contributed by atoms with E-state index in [0.29, 0.717) is 28.5 Å². The van der Waals surface area contributed by atoms with Crippen LogP contribution in [-0.2, 0) is 4.79 Å². The first-order valence-electron chi connectivity index (χ1n) is 11.7. The Morgan fingerprint density at radius 3 is 2.34 bits per heavy atom. The number of nitrogens with one attached hydrogen (secondary N) is 1. The Kier molecular flexibility index (Phi) is 6.38. The van der Waals surface area contributed by atoms with Crippen LogP contribution in [0.2, 0.25) is 0 Å². The van der Waals surface area contributed by atoms with Gasteiger partial charge in [-0.05, 0) is 37.1 Å². The van der Waals surface area contributed by atoms with Gasteiger partial charge in [0.05, 0.1) is 11.1 Å². The van der Waals surface area contributed by atoms with Gasteiger partial charge in [-0.1, -0.05) is 40.0 Å². The van der Waals surface area contributed by atoms with E-state index < -0.39 is 11.4 Å². The van der Waals surface area contributed by atoms with Crippen LogP contribution in [0.25, 0.3) is 10.9 Å². The molecule has 0 radical (unpaired) electrons. The summed E-state index contributed by atoms with van der Waals surface area (Å²) in [6, 6.07) is 7.67. The van der Waals surface area contributed by atoms with Crippen molar-refractivity contribution in [2.75, 3.05) is 36.4 Å². The molecule has 1 aromatic heterocycles. The molecule has 0 atom stereocenters. The maximum atomic E-state index is 12.3. The van der Waals surface area contributed by atoms with Crippen molar-refractivity contribution in [2.45, 2.75) is 58.9 Å². The molecule has 0 bridgehead atoms. The minimum Gasteiger partial charge on any atom is -0.478 e. The fourth-order valence-electron chi connectivity index (χ4n) is 4.71. The van der Waals surface area contributed by atoms with Crippen LogP contribution >= 0.6 is 0 Å². The molecule has 7 nitrogen and oxygen atoms in total. The molecule has 1 aliphatic carbocycles. The van der Waals surface area contributed by atoms with Gasteiger partial charge in [-0.25, -0.2) is 9.78 Å². The molecule has 1 amide bonds. The second kappa shape index (κ2) is 9.06. The molecule has 1 saturated carbocycles. The molecule has 0 spiro atoms. The zero-order valence-electron chi connectivity index (χ0n) is 19.4. The number of rotatable bonds is 4. The Hall–Kier alpha value is -2.67. The number of carbonyl (C=O) groups excluding carboxylic acids is 1. The lowest BCUT2D eigenvalue weighted by molar-refractivity contribution is -0.123. The number of hydrogen-bond donors (Lipinski definition) is 2. The first-order chi connectivity index (χ1) is 15.2. The molecular formula is C25H34N4O3. The van der Waals surface area contributed by atoms with E-state index in [1.54, 1.807) is 24.3 Å². The Bertz CT molecular complexity index is 1000. The number of fused-ring (bicyclic) bond motifs is 1. The van der Waals surface area contributed by atoms with Gasteiger partial charge in [0, 0.05) is 48.7 Å². The third kappa shape index (κ3) is 4.88. The third-order valence-corrected chi connectivity index (χ3v) is 6.69. The van der Waals surface area contributed by atoms with Crippen molar-refractivity contribution in [1.29, 1.82) is 0 Å². The monoisotopic (exact) mass is 438 g/mol. The summed E-state index contributed by atoms with van der Waals surface area (Å²) in [5, 5.41) is 13.3. The Labute approximate surface area is 189 Å². The minimum atomic E-state index is -0.987. The maximum Gasteiger partial charge on any atom is 0.336 e. The second-order valence-corrected chi connectivity index (χ2v) is 10.1. The van der Waals surface area contributed by atoms with E-state index in [1.807, 2.05) is 20.8 Å². The molecule has 32 heavy (non-hydrogen) atoms. The van der Waals surface area contributed by atoms with Crippen LogP contribution in [0.15, 0.2) is 24.3 Å². The highest BCUT2D eigenvalue weighted by Crippen LogP contribution is 2.29. The summed E-state index contributed by atoms with van der Waals surface area (Å²) >= 11 is 0. The van der Waals surface area contributed by atoms with Crippen LogP contribution in [0.3, 0.4) is 0 Å². The molecule has 1 aromatic carbocycles. The fourth-order valence-corrected chi connectivity index (χ4v) is 4.71. The average Bonchev–Trinajstić information content (AvgIpc) is 2.78. The topological polar surface area (TPSA) is 85.8 Å². The Balaban J connectivity index is 1.55. The van der Waals surface area contributed by atoms with E-state index in [9.17, 15) is 14.7 Å². The summed E-state index contributed by atoms with van der Waals surface area (Å²) in [6.45, 7) is 9.21. The predicted octanol–water partition coefficient (Wildman–Crippen LogP) is 4.37. The van der Waals surface area contributed by atoms with Crippen LogP contribution in [0.5, 0.6) is 0 Å². The molecule has 2 N–H and O–H groups in total. The minimum absolute atomic E-state index is 0.117. The Morgan fingerprint density at radius 2 is 1.72 bits per heavy atom. The summed E-state index contributed by atoms with van der Waals surface area (Å²) in [4.78, 5) is 34.0. The maximum absolute atomic E-state index is 12.3. The van der Waals surface area contributed by atoms with Crippen LogP contribution in [0.1, 0.15) is 63.2 Å². The number of pyridine rings is 1. The molecule has 2 fully saturated rings. The van der Waals surface area contributed by atoms with Crippen LogP contribution in [0.4, 0.5) is 11.5 Å². The number of anilines is 2. The highest BCUT2D eigenvalue weighted by Gasteiger charge is 2.27. The first-order valence-corrected chi connectivity index (χ1v) is 11.7. The molecule has 1 saturated heterocycles. The van der Waals surface area contributed by atoms with Crippen molar-refractivity contribution in [3.63, 3.8) is 0 Å². The van der Waals surface area contributed by atoms with Gasteiger partial charge in [-0.15, -0.1) is 0 Å². The van der Waals surface area contributed by atoms with E-state index in [0.717, 1.165) is 26.2 Å². The number of nitrogens with zero attached hydrogens (tertiary/aromatic N) is 3. The predicted molar refractivity (Wildman–Crippen MR) is 127 cm³/mol. The van der Waals surface area contributed by atoms with Gasteiger partial charge in [0.15, 0.2) is 0 Å². The number of piperazine rings is 1. The highest BCUT2D eigenvalue weighted by atomic mass is 16.4. The van der Waals surface area contributed by atoms with Crippen molar-refractivity contribution in [3.05, 3.63) is 29.8 Å². The van der Waals surface area contributed by atoms with E-state index in [1.165, 1.54) is 32.1 Å². The number of aromatic carboxylic acids is 1. The molecule has 2 aliphatic rings. The molecule has 2 heterocycles. The van der Waals surface area contributed by atoms with Gasteiger partial charge < -0.3 is 15.3 Å². The van der Waals surface area contributed by atoms with Crippen LogP contribution < -0.4 is 10.2 Å². The van der Waals surface area contributed by atoms with Crippen molar-refractivity contribution in [1.82, 2.24) is 9.88 Å². The van der Waals surface area contributed by atoms with Crippen LogP contribution in [0, 0.1) is 5.41 Å². The standard InChI is InChI=1S/C25H34N4O3/c1-25(2,3)24(32)26-17-9-10-21-19(15-17)20(23(30)31)16-22(27-21)29-13-11-28(12-14-29)18-7-5-4-6-8-18/h9-10,15-16,18H,4-8,11-14H2,1-3H3,(H,26,32)(H,30,31). The van der Waals surface area contributed by atoms with Gasteiger partial charge in [-0.2, -0.15) is 0 Å². The molecular weight excluding hydrogens is 404 g/mol. The van der Waals surface area contributed by atoms with Gasteiger partial charge in [0.25, 0.3) is 0 Å². The van der Waals surface area contributed by atoms with Gasteiger partial charge in [-0.3, -0.25) is 9.69 Å². The van der Waals surface area contributed by atoms with E-state index in [2.05, 4.69) is 15.1 Å². The van der Waals surface area contributed by atoms with Crippen molar-refractivity contribution >= 4 is 34.3 Å². The van der Waals surface area contributed by atoms with E-state index >= 15 is 0 Å². The SMILES string of the molecule is CC(C)(C)C(=O)Nc1ccc2nc(N3CCN(C4CCCCC4)CC3)cc(C(=O)O)c2c1. The molecule has 0 unspecified atom stereocenters. The second-order valence-electron chi connectivity index (χ2n) is 10.1. The van der Waals surface area contributed by atoms with E-state index in [-0.39, 0.29) is 11.5 Å². The molecule has 4 rings (SSSR count). The fraction of sp³-hybridized carbons (Fsp3) is 0.560. The number of carbonyl (C=O) groups is 2. The smallest absolute Gasteiger partial charge is 0.336 e. The number of amides is 1. The average molecular weight is 439 g/mol. The number of carboxylic acid groups (broad SMARTS) is 1. The normalized spacial score (nSPS) is 18.7. The number of carboxylic acids is 1. The third-order valence-electron chi connectivity index (χ3n) is 6.69. The number of hydrogen-bond acceptors (Lipinski definition) is 5. The quantitative estimate of drug-likeness (QED) is 0.737. The zero-order valence-corrected chi connectivity index (χ0v) is 19.4. The van der Waals surface area contributed by atoms with Crippen molar-refractivity contribution in [2.24, 2.45) is 5.41 Å². The zero-order chi connectivity index (χ0) is 22.9. The molecule has 2 aromatic rings. The van der Waals surface area contributed by atoms with Gasteiger partial charge in [0.1, 0.15) is 5.82 Å². The lowest BCUT2D eigenvalue weighted by atomic mass is 9.94. The lowest BCUT2D eigenvalue weighted by Gasteiger charge is -2.41. The lowest BCUT2D eigenvalue weighted by Crippen LogP contribution is -2.51. The van der Waals surface area contributed by atoms with E-state index in [4.69, 9.17) is 4.98 Å². The van der Waals surface area contributed by atoms with Crippen LogP contribution in [-0.4, -0.2) is 59.1 Å². The highest BCUT2D eigenvalue weighted by molar-refractivity contribution is 6.05. The number of benzene rings is 1. The molecule has 1 aliphatic heterocycles. The molecule has 172 valence electrons.